The molecule has 3 N–H and O–H groups in total. The van der Waals surface area contributed by atoms with Crippen molar-refractivity contribution in [1.82, 2.24) is 0 Å². The number of aliphatic hydroxyl groups is 2. The van der Waals surface area contributed by atoms with E-state index in [1.54, 1.807) is 6.08 Å². The van der Waals surface area contributed by atoms with Crippen molar-refractivity contribution in [3.63, 3.8) is 0 Å². The third-order valence-electron chi connectivity index (χ3n) is 12.5. The zero-order valence-corrected chi connectivity index (χ0v) is 47.7. The van der Waals surface area contributed by atoms with Crippen LogP contribution < -0.4 is 0 Å². The van der Waals surface area contributed by atoms with E-state index >= 15 is 0 Å². The van der Waals surface area contributed by atoms with Gasteiger partial charge in [-0.2, -0.15) is 0 Å². The number of esters is 3. The second kappa shape index (κ2) is 51.9. The molecule has 6 atom stereocenters. The molecule has 0 bridgehead atoms. The number of aliphatic carboxylic acids is 1. The van der Waals surface area contributed by atoms with Crippen LogP contribution in [0.4, 0.5) is 0 Å². The predicted octanol–water partition coefficient (Wildman–Crippen LogP) is 15.2. The van der Waals surface area contributed by atoms with Crippen LogP contribution in [0, 0.1) is 0 Å². The van der Waals surface area contributed by atoms with Crippen LogP contribution in [0.5, 0.6) is 0 Å². The number of carbonyl (C=O) groups excluding carboxylic acids is 3. The number of hydrogen-bond donors (Lipinski definition) is 3. The molecule has 12 heteroatoms. The summed E-state index contributed by atoms with van der Waals surface area (Å²) in [4.78, 5) is 51.1. The van der Waals surface area contributed by atoms with Crippen molar-refractivity contribution in [3.05, 3.63) is 122 Å². The largest absolute Gasteiger partial charge is 0.479 e. The number of aliphatic hydroxyl groups excluding tert-OH is 2. The monoisotopic (exact) mass is 1070 g/mol. The maximum absolute atomic E-state index is 13.1. The van der Waals surface area contributed by atoms with Gasteiger partial charge < -0.3 is 39.0 Å². The molecule has 1 rings (SSSR count). The minimum Gasteiger partial charge on any atom is -0.479 e. The fraction of sp³-hybridized carbons (Fsp3) is 0.631. The van der Waals surface area contributed by atoms with Crippen LogP contribution >= 0.6 is 0 Å². The number of carboxylic acids is 1. The number of unbranched alkanes of at least 4 members (excludes halogenated alkanes) is 15. The maximum Gasteiger partial charge on any atom is 0.335 e. The fourth-order valence-electron chi connectivity index (χ4n) is 8.07. The van der Waals surface area contributed by atoms with Crippen molar-refractivity contribution < 1.29 is 58.2 Å². The molecule has 0 spiro atoms. The van der Waals surface area contributed by atoms with Gasteiger partial charge in [-0.3, -0.25) is 14.4 Å². The Kier molecular flexibility index (Phi) is 47.2. The van der Waals surface area contributed by atoms with Gasteiger partial charge in [0.15, 0.2) is 24.6 Å². The Labute approximate surface area is 465 Å². The summed E-state index contributed by atoms with van der Waals surface area (Å²) >= 11 is 0. The normalized spacial score (nSPS) is 18.9. The Hall–Kier alpha value is -4.88. The molecule has 0 saturated carbocycles. The van der Waals surface area contributed by atoms with E-state index in [4.69, 9.17) is 23.7 Å². The molecule has 0 radical (unpaired) electrons. The van der Waals surface area contributed by atoms with Crippen LogP contribution in [0.2, 0.25) is 0 Å². The Morgan fingerprint density at radius 1 is 0.455 bits per heavy atom. The van der Waals surface area contributed by atoms with Gasteiger partial charge in [-0.05, 0) is 109 Å². The molecule has 0 aliphatic carbocycles. The molecule has 1 aliphatic rings. The van der Waals surface area contributed by atoms with E-state index in [-0.39, 0.29) is 25.9 Å². The highest BCUT2D eigenvalue weighted by Crippen LogP contribution is 2.26. The molecular formula is C65H102O12. The standard InChI is InChI=1S/C65H102O12/c1-4-7-10-13-16-19-22-25-28-29-32-33-36-39-42-45-48-51-57(66)73-54-56(75-58(67)52-49-46-43-40-37-34-30-26-23-20-17-14-11-8-5-2)55-74-65-63(61(70)60(69)62(77-65)64(71)72)76-59(68)53-50-47-44-41-38-35-31-27-24-21-18-15-12-9-6-3/h7-8,10-11,16-21,25-28,30-31,37,40,46,49,56,60-63,65,69-70H,4-6,9,12-15,22-24,29,32-36,38-39,41-45,47-48,50-55H2,1-3H3,(H,71,72)/b10-7-,11-8-,19-16-,20-17-,21-18-,28-25-,30-26-,31-27-,40-37-,49-46-. The van der Waals surface area contributed by atoms with Crippen LogP contribution in [0.15, 0.2) is 122 Å². The lowest BCUT2D eigenvalue weighted by molar-refractivity contribution is -0.301. The second-order valence-electron chi connectivity index (χ2n) is 19.5. The lowest BCUT2D eigenvalue weighted by atomic mass is 9.98. The van der Waals surface area contributed by atoms with Crippen molar-refractivity contribution >= 4 is 23.9 Å². The smallest absolute Gasteiger partial charge is 0.335 e. The van der Waals surface area contributed by atoms with Crippen molar-refractivity contribution in [3.8, 4) is 0 Å². The van der Waals surface area contributed by atoms with Gasteiger partial charge in [-0.15, -0.1) is 0 Å². The predicted molar refractivity (Wildman–Crippen MR) is 312 cm³/mol. The highest BCUT2D eigenvalue weighted by atomic mass is 16.7. The zero-order chi connectivity index (χ0) is 56.1. The van der Waals surface area contributed by atoms with Crippen LogP contribution in [0.25, 0.3) is 0 Å². The van der Waals surface area contributed by atoms with E-state index in [1.807, 2.05) is 18.2 Å². The van der Waals surface area contributed by atoms with Gasteiger partial charge in [-0.1, -0.05) is 206 Å². The molecule has 0 aromatic rings. The summed E-state index contributed by atoms with van der Waals surface area (Å²) in [5.74, 6) is -3.34. The summed E-state index contributed by atoms with van der Waals surface area (Å²) in [5.41, 5.74) is 0. The Balaban J connectivity index is 2.76. The third-order valence-corrected chi connectivity index (χ3v) is 12.5. The second-order valence-corrected chi connectivity index (χ2v) is 19.5. The quantitative estimate of drug-likeness (QED) is 0.0228. The molecule has 0 aromatic carbocycles. The molecule has 1 saturated heterocycles. The summed E-state index contributed by atoms with van der Waals surface area (Å²) in [7, 11) is 0. The highest BCUT2D eigenvalue weighted by Gasteiger charge is 2.50. The van der Waals surface area contributed by atoms with Gasteiger partial charge in [-0.25, -0.2) is 4.79 Å². The molecule has 1 aliphatic heterocycles. The molecule has 1 fully saturated rings. The van der Waals surface area contributed by atoms with Crippen molar-refractivity contribution in [2.75, 3.05) is 13.2 Å². The average molecular weight is 1080 g/mol. The summed E-state index contributed by atoms with van der Waals surface area (Å²) in [6.07, 6.45) is 59.1. The Morgan fingerprint density at radius 2 is 0.857 bits per heavy atom. The SMILES string of the molecule is CC/C=C\C/C=C\C/C=C\C/C=C\C/C=C\CC(=O)OC(COC(=O)CCCCCCCCC/C=C\C/C=C\C/C=C\CC)COC1OC(C(=O)O)C(O)C(O)C1OC(=O)CCCCCCC/C=C\C/C=C\CCCCC. The maximum atomic E-state index is 13.1. The number of carboxylic acid groups (broad SMARTS) is 1. The van der Waals surface area contributed by atoms with Crippen molar-refractivity contribution in [2.24, 2.45) is 0 Å². The topological polar surface area (TPSA) is 175 Å². The van der Waals surface area contributed by atoms with E-state index in [1.165, 1.54) is 19.3 Å². The number of rotatable bonds is 48. The van der Waals surface area contributed by atoms with Crippen LogP contribution in [0.1, 0.15) is 213 Å². The number of ether oxygens (including phenoxy) is 5. The first kappa shape index (κ1) is 70.1. The molecule has 6 unspecified atom stereocenters. The minimum absolute atomic E-state index is 0.0269. The fourth-order valence-corrected chi connectivity index (χ4v) is 8.07. The lowest BCUT2D eigenvalue weighted by Crippen LogP contribution is -2.61. The molecular weight excluding hydrogens is 973 g/mol. The summed E-state index contributed by atoms with van der Waals surface area (Å²) in [5, 5.41) is 31.5. The molecule has 434 valence electrons. The van der Waals surface area contributed by atoms with Gasteiger partial charge in [0, 0.05) is 12.8 Å². The average Bonchev–Trinajstić information content (AvgIpc) is 3.43. The first-order chi connectivity index (χ1) is 37.6. The van der Waals surface area contributed by atoms with Crippen molar-refractivity contribution in [2.45, 2.75) is 250 Å². The number of hydrogen-bond acceptors (Lipinski definition) is 11. The van der Waals surface area contributed by atoms with Crippen molar-refractivity contribution in [1.29, 1.82) is 0 Å². The van der Waals surface area contributed by atoms with E-state index in [0.29, 0.717) is 19.3 Å². The first-order valence-electron chi connectivity index (χ1n) is 29.5. The van der Waals surface area contributed by atoms with E-state index in [2.05, 4.69) is 118 Å². The summed E-state index contributed by atoms with van der Waals surface area (Å²) in [6.45, 7) is 5.63. The molecule has 0 aromatic heterocycles. The van der Waals surface area contributed by atoms with Gasteiger partial charge in [0.05, 0.1) is 13.0 Å². The summed E-state index contributed by atoms with van der Waals surface area (Å²) in [6, 6.07) is 0. The van der Waals surface area contributed by atoms with E-state index < -0.39 is 67.3 Å². The number of allylic oxidation sites excluding steroid dienone is 19. The minimum atomic E-state index is -1.93. The van der Waals surface area contributed by atoms with E-state index in [9.17, 15) is 34.5 Å². The highest BCUT2D eigenvalue weighted by molar-refractivity contribution is 5.74. The molecule has 0 amide bonds. The Morgan fingerprint density at radius 3 is 1.31 bits per heavy atom. The van der Waals surface area contributed by atoms with Gasteiger partial charge in [0.1, 0.15) is 18.8 Å². The third kappa shape index (κ3) is 41.8. The van der Waals surface area contributed by atoms with Crippen LogP contribution in [0.3, 0.4) is 0 Å². The van der Waals surface area contributed by atoms with Gasteiger partial charge in [0.2, 0.25) is 0 Å². The summed E-state index contributed by atoms with van der Waals surface area (Å²) < 4.78 is 28.3. The molecule has 77 heavy (non-hydrogen) atoms. The first-order valence-corrected chi connectivity index (χ1v) is 29.5. The van der Waals surface area contributed by atoms with E-state index in [0.717, 1.165) is 135 Å². The zero-order valence-electron chi connectivity index (χ0n) is 47.7. The van der Waals surface area contributed by atoms with Gasteiger partial charge >= 0.3 is 23.9 Å². The Bertz CT molecular complexity index is 1800. The lowest BCUT2D eigenvalue weighted by Gasteiger charge is -2.40. The molecule has 1 heterocycles. The molecule has 12 nitrogen and oxygen atoms in total. The van der Waals surface area contributed by atoms with Crippen LogP contribution in [-0.4, -0.2) is 89.2 Å². The van der Waals surface area contributed by atoms with Crippen LogP contribution in [-0.2, 0) is 42.9 Å². The number of carbonyl (C=O) groups is 4. The van der Waals surface area contributed by atoms with Gasteiger partial charge in [0.25, 0.3) is 0 Å².